The Morgan fingerprint density at radius 1 is 1.58 bits per heavy atom. The number of nitrogens with one attached hydrogen (secondary N) is 1. The summed E-state index contributed by atoms with van der Waals surface area (Å²) in [6.07, 6.45) is 2.76. The Morgan fingerprint density at radius 2 is 2.33 bits per heavy atom. The number of rotatable bonds is 8. The molecular formula is C9H17NO2. The largest absolute Gasteiger partial charge is 0.381 e. The van der Waals surface area contributed by atoms with Gasteiger partial charge < -0.3 is 10.1 Å². The van der Waals surface area contributed by atoms with Crippen LogP contribution in [0.4, 0.5) is 0 Å². The zero-order valence-corrected chi connectivity index (χ0v) is 7.64. The lowest BCUT2D eigenvalue weighted by Gasteiger charge is -2.01. The van der Waals surface area contributed by atoms with Crippen LogP contribution in [0.5, 0.6) is 0 Å². The van der Waals surface area contributed by atoms with Crippen molar-refractivity contribution in [2.75, 3.05) is 26.8 Å². The fraction of sp³-hybridized carbons (Fsp3) is 0.667. The van der Waals surface area contributed by atoms with Gasteiger partial charge in [0.05, 0.1) is 6.61 Å². The van der Waals surface area contributed by atoms with Gasteiger partial charge >= 0.3 is 0 Å². The van der Waals surface area contributed by atoms with Crippen LogP contribution in [0.15, 0.2) is 12.7 Å². The van der Waals surface area contributed by atoms with E-state index in [4.69, 9.17) is 4.74 Å². The summed E-state index contributed by atoms with van der Waals surface area (Å²) in [6, 6.07) is 0. The van der Waals surface area contributed by atoms with Crippen molar-refractivity contribution in [2.45, 2.75) is 12.8 Å². The minimum Gasteiger partial charge on any atom is -0.381 e. The van der Waals surface area contributed by atoms with E-state index in [1.54, 1.807) is 0 Å². The molecular weight excluding hydrogens is 154 g/mol. The van der Waals surface area contributed by atoms with Crippen molar-refractivity contribution in [1.29, 1.82) is 0 Å². The first-order valence-electron chi connectivity index (χ1n) is 4.19. The predicted octanol–water partition coefficient (Wildman–Crippen LogP) is 0.758. The van der Waals surface area contributed by atoms with Crippen LogP contribution in [0.25, 0.3) is 0 Å². The number of carbonyl (C=O) groups excluding carboxylic acids is 1. The second-order valence-electron chi connectivity index (χ2n) is 2.49. The highest BCUT2D eigenvalue weighted by Gasteiger charge is 1.94. The van der Waals surface area contributed by atoms with Crippen LogP contribution in [0, 0.1) is 0 Å². The summed E-state index contributed by atoms with van der Waals surface area (Å²) >= 11 is 0. The third-order valence-electron chi connectivity index (χ3n) is 1.44. The van der Waals surface area contributed by atoms with Gasteiger partial charge in [0.1, 0.15) is 0 Å². The summed E-state index contributed by atoms with van der Waals surface area (Å²) < 4.78 is 5.20. The third kappa shape index (κ3) is 7.44. The zero-order valence-electron chi connectivity index (χ0n) is 7.64. The Labute approximate surface area is 73.8 Å². The average molecular weight is 171 g/mol. The molecule has 3 nitrogen and oxygen atoms in total. The molecule has 0 atom stereocenters. The fourth-order valence-electron chi connectivity index (χ4n) is 0.728. The molecule has 0 aliphatic heterocycles. The number of allylic oxidation sites excluding steroid dienone is 1. The lowest BCUT2D eigenvalue weighted by Crippen LogP contribution is -2.11. The van der Waals surface area contributed by atoms with E-state index < -0.39 is 0 Å². The van der Waals surface area contributed by atoms with Gasteiger partial charge in [0, 0.05) is 13.0 Å². The monoisotopic (exact) mass is 171 g/mol. The Hall–Kier alpha value is -0.670. The van der Waals surface area contributed by atoms with Gasteiger partial charge in [-0.1, -0.05) is 6.58 Å². The standard InChI is InChI=1S/C9H17NO2/c1-3-9(11)5-8-12-7-4-6-10-2/h3,10H,1,4-8H2,2H3. The van der Waals surface area contributed by atoms with Gasteiger partial charge in [-0.15, -0.1) is 0 Å². The summed E-state index contributed by atoms with van der Waals surface area (Å²) in [5, 5.41) is 3.02. The number of ketones is 1. The smallest absolute Gasteiger partial charge is 0.157 e. The van der Waals surface area contributed by atoms with E-state index in [0.29, 0.717) is 19.6 Å². The molecule has 0 heterocycles. The van der Waals surface area contributed by atoms with E-state index in [1.807, 2.05) is 7.05 Å². The number of hydrogen-bond donors (Lipinski definition) is 1. The SMILES string of the molecule is C=CC(=O)CCOCCCNC. The minimum absolute atomic E-state index is 0.0450. The Balaban J connectivity index is 3.00. The van der Waals surface area contributed by atoms with Gasteiger partial charge in [-0.05, 0) is 26.1 Å². The van der Waals surface area contributed by atoms with E-state index in [9.17, 15) is 4.79 Å². The highest BCUT2D eigenvalue weighted by Crippen LogP contribution is 1.87. The topological polar surface area (TPSA) is 38.3 Å². The molecule has 1 N–H and O–H groups in total. The quantitative estimate of drug-likeness (QED) is 0.433. The van der Waals surface area contributed by atoms with Gasteiger partial charge in [-0.2, -0.15) is 0 Å². The van der Waals surface area contributed by atoms with Crippen LogP contribution >= 0.6 is 0 Å². The Bertz CT molecular complexity index is 134. The van der Waals surface area contributed by atoms with Crippen molar-refractivity contribution in [3.8, 4) is 0 Å². The average Bonchev–Trinajstić information content (AvgIpc) is 2.10. The van der Waals surface area contributed by atoms with Crippen LogP contribution in [-0.2, 0) is 9.53 Å². The van der Waals surface area contributed by atoms with Crippen molar-refractivity contribution in [3.63, 3.8) is 0 Å². The van der Waals surface area contributed by atoms with Gasteiger partial charge in [-0.25, -0.2) is 0 Å². The van der Waals surface area contributed by atoms with Crippen molar-refractivity contribution in [3.05, 3.63) is 12.7 Å². The maximum absolute atomic E-state index is 10.7. The number of carbonyl (C=O) groups is 1. The van der Waals surface area contributed by atoms with E-state index in [2.05, 4.69) is 11.9 Å². The van der Waals surface area contributed by atoms with Crippen LogP contribution in [-0.4, -0.2) is 32.6 Å². The molecule has 0 saturated carbocycles. The maximum atomic E-state index is 10.7. The number of hydrogen-bond acceptors (Lipinski definition) is 3. The number of ether oxygens (including phenoxy) is 1. The molecule has 0 aliphatic rings. The molecule has 0 radical (unpaired) electrons. The van der Waals surface area contributed by atoms with Crippen LogP contribution in [0.1, 0.15) is 12.8 Å². The molecule has 0 unspecified atom stereocenters. The summed E-state index contributed by atoms with van der Waals surface area (Å²) in [5.41, 5.74) is 0. The molecule has 12 heavy (non-hydrogen) atoms. The summed E-state index contributed by atoms with van der Waals surface area (Å²) in [6.45, 7) is 5.55. The van der Waals surface area contributed by atoms with E-state index in [0.717, 1.165) is 13.0 Å². The van der Waals surface area contributed by atoms with Crippen molar-refractivity contribution < 1.29 is 9.53 Å². The Morgan fingerprint density at radius 3 is 2.92 bits per heavy atom. The molecule has 0 spiro atoms. The van der Waals surface area contributed by atoms with Crippen molar-refractivity contribution in [1.82, 2.24) is 5.32 Å². The van der Waals surface area contributed by atoms with E-state index in [1.165, 1.54) is 6.08 Å². The van der Waals surface area contributed by atoms with Gasteiger partial charge in [0.2, 0.25) is 0 Å². The lowest BCUT2D eigenvalue weighted by molar-refractivity contribution is -0.115. The van der Waals surface area contributed by atoms with Crippen molar-refractivity contribution in [2.24, 2.45) is 0 Å². The molecule has 3 heteroatoms. The van der Waals surface area contributed by atoms with Crippen molar-refractivity contribution >= 4 is 5.78 Å². The van der Waals surface area contributed by atoms with Crippen LogP contribution in [0.2, 0.25) is 0 Å². The molecule has 0 aromatic carbocycles. The van der Waals surface area contributed by atoms with Gasteiger partial charge in [-0.3, -0.25) is 4.79 Å². The van der Waals surface area contributed by atoms with Crippen LogP contribution < -0.4 is 5.32 Å². The fourth-order valence-corrected chi connectivity index (χ4v) is 0.728. The summed E-state index contributed by atoms with van der Waals surface area (Å²) in [5.74, 6) is 0.0450. The first-order valence-corrected chi connectivity index (χ1v) is 4.19. The molecule has 0 fully saturated rings. The normalized spacial score (nSPS) is 9.75. The van der Waals surface area contributed by atoms with E-state index in [-0.39, 0.29) is 5.78 Å². The summed E-state index contributed by atoms with van der Waals surface area (Å²) in [7, 11) is 1.90. The molecule has 0 saturated heterocycles. The first kappa shape index (κ1) is 11.3. The van der Waals surface area contributed by atoms with Gasteiger partial charge in [0.25, 0.3) is 0 Å². The molecule has 0 bridgehead atoms. The molecule has 0 aliphatic carbocycles. The lowest BCUT2D eigenvalue weighted by atomic mass is 10.3. The van der Waals surface area contributed by atoms with Crippen LogP contribution in [0.3, 0.4) is 0 Å². The maximum Gasteiger partial charge on any atom is 0.157 e. The molecule has 0 aromatic heterocycles. The molecule has 0 rings (SSSR count). The zero-order chi connectivity index (χ0) is 9.23. The predicted molar refractivity (Wildman–Crippen MR) is 49.2 cm³/mol. The second-order valence-corrected chi connectivity index (χ2v) is 2.49. The highest BCUT2D eigenvalue weighted by atomic mass is 16.5. The second kappa shape index (κ2) is 8.43. The molecule has 70 valence electrons. The summed E-state index contributed by atoms with van der Waals surface area (Å²) in [4.78, 5) is 10.7. The first-order chi connectivity index (χ1) is 5.81. The molecule has 0 aromatic rings. The highest BCUT2D eigenvalue weighted by molar-refractivity contribution is 5.89. The third-order valence-corrected chi connectivity index (χ3v) is 1.44. The van der Waals surface area contributed by atoms with Gasteiger partial charge in [0.15, 0.2) is 5.78 Å². The molecule has 0 amide bonds. The van der Waals surface area contributed by atoms with E-state index >= 15 is 0 Å². The minimum atomic E-state index is 0.0450. The Kier molecular flexibility index (Phi) is 7.96.